The first-order valence-electron chi connectivity index (χ1n) is 6.75. The van der Waals surface area contributed by atoms with Crippen molar-refractivity contribution in [2.24, 2.45) is 5.92 Å². The second-order valence-electron chi connectivity index (χ2n) is 5.22. The average Bonchev–Trinajstić information content (AvgIpc) is 2.42. The van der Waals surface area contributed by atoms with Gasteiger partial charge in [-0.05, 0) is 37.3 Å². The number of benzene rings is 1. The molecular weight excluding hydrogens is 309 g/mol. The van der Waals surface area contributed by atoms with Crippen LogP contribution < -0.4 is 5.32 Å². The van der Waals surface area contributed by atoms with Crippen molar-refractivity contribution < 1.29 is 9.18 Å². The van der Waals surface area contributed by atoms with Crippen molar-refractivity contribution in [1.82, 2.24) is 5.32 Å². The van der Waals surface area contributed by atoms with Gasteiger partial charge in [-0.3, -0.25) is 4.79 Å². The summed E-state index contributed by atoms with van der Waals surface area (Å²) in [6, 6.07) is 5.09. The van der Waals surface area contributed by atoms with Gasteiger partial charge in [0, 0.05) is 11.4 Å². The van der Waals surface area contributed by atoms with Crippen LogP contribution in [0.2, 0.25) is 0 Å². The Labute approximate surface area is 121 Å². The standard InChI is InChI=1S/C15H19BrFNO/c1-10-5-4-7-12(14(10)17)15(19)18-13-8-3-2-6-11(13)9-16/h4-5,7,11,13H,2-3,6,8-9H2,1H3,(H,18,19). The van der Waals surface area contributed by atoms with Gasteiger partial charge in [0.2, 0.25) is 0 Å². The number of hydrogen-bond acceptors (Lipinski definition) is 1. The SMILES string of the molecule is Cc1cccc(C(=O)NC2CCCCC2CBr)c1F. The summed E-state index contributed by atoms with van der Waals surface area (Å²) in [4.78, 5) is 12.2. The van der Waals surface area contributed by atoms with Crippen LogP contribution in [0.15, 0.2) is 18.2 Å². The molecule has 2 atom stereocenters. The molecule has 1 fully saturated rings. The first-order valence-corrected chi connectivity index (χ1v) is 7.87. The highest BCUT2D eigenvalue weighted by Gasteiger charge is 2.26. The molecule has 1 aromatic rings. The van der Waals surface area contributed by atoms with E-state index in [0.717, 1.165) is 24.6 Å². The molecule has 2 nitrogen and oxygen atoms in total. The van der Waals surface area contributed by atoms with Crippen molar-refractivity contribution in [3.63, 3.8) is 0 Å². The molecule has 1 aromatic carbocycles. The summed E-state index contributed by atoms with van der Waals surface area (Å²) in [6.07, 6.45) is 4.44. The molecule has 1 aliphatic rings. The van der Waals surface area contributed by atoms with Crippen molar-refractivity contribution in [1.29, 1.82) is 0 Å². The number of aryl methyl sites for hydroxylation is 1. The van der Waals surface area contributed by atoms with Crippen LogP contribution in [-0.2, 0) is 0 Å². The molecule has 0 spiro atoms. The third kappa shape index (κ3) is 3.35. The lowest BCUT2D eigenvalue weighted by Crippen LogP contribution is -2.43. The van der Waals surface area contributed by atoms with E-state index in [9.17, 15) is 9.18 Å². The highest BCUT2D eigenvalue weighted by atomic mass is 79.9. The molecule has 0 aliphatic heterocycles. The van der Waals surface area contributed by atoms with Crippen LogP contribution in [0.3, 0.4) is 0 Å². The number of carbonyl (C=O) groups is 1. The number of rotatable bonds is 3. The van der Waals surface area contributed by atoms with Crippen LogP contribution in [0.5, 0.6) is 0 Å². The molecule has 0 bridgehead atoms. The highest BCUT2D eigenvalue weighted by molar-refractivity contribution is 9.09. The van der Waals surface area contributed by atoms with Gasteiger partial charge in [-0.2, -0.15) is 0 Å². The third-order valence-corrected chi connectivity index (χ3v) is 4.69. The van der Waals surface area contributed by atoms with Crippen molar-refractivity contribution in [2.45, 2.75) is 38.6 Å². The van der Waals surface area contributed by atoms with Crippen LogP contribution in [-0.4, -0.2) is 17.3 Å². The molecule has 4 heteroatoms. The maximum atomic E-state index is 13.9. The zero-order valence-corrected chi connectivity index (χ0v) is 12.7. The summed E-state index contributed by atoms with van der Waals surface area (Å²) in [5.74, 6) is -0.254. The predicted molar refractivity (Wildman–Crippen MR) is 78.1 cm³/mol. The fourth-order valence-electron chi connectivity index (χ4n) is 2.65. The quantitative estimate of drug-likeness (QED) is 0.840. The van der Waals surface area contributed by atoms with Gasteiger partial charge >= 0.3 is 0 Å². The van der Waals surface area contributed by atoms with Gasteiger partial charge in [-0.1, -0.05) is 40.9 Å². The molecule has 1 N–H and O–H groups in total. The molecule has 104 valence electrons. The number of halogens is 2. The lowest BCUT2D eigenvalue weighted by Gasteiger charge is -2.31. The second-order valence-corrected chi connectivity index (χ2v) is 5.86. The predicted octanol–water partition coefficient (Wildman–Crippen LogP) is 3.82. The lowest BCUT2D eigenvalue weighted by atomic mass is 9.85. The van der Waals surface area contributed by atoms with E-state index in [1.165, 1.54) is 6.42 Å². The molecule has 2 unspecified atom stereocenters. The van der Waals surface area contributed by atoms with Gasteiger partial charge in [0.05, 0.1) is 5.56 Å². The Kier molecular flexibility index (Phi) is 4.97. The van der Waals surface area contributed by atoms with E-state index in [-0.39, 0.29) is 17.5 Å². The van der Waals surface area contributed by atoms with Crippen LogP contribution in [0.25, 0.3) is 0 Å². The molecule has 1 saturated carbocycles. The van der Waals surface area contributed by atoms with Gasteiger partial charge in [-0.15, -0.1) is 0 Å². The normalized spacial score (nSPS) is 23.1. The maximum Gasteiger partial charge on any atom is 0.254 e. The van der Waals surface area contributed by atoms with Crippen LogP contribution in [0.4, 0.5) is 4.39 Å². The number of carbonyl (C=O) groups excluding carboxylic acids is 1. The largest absolute Gasteiger partial charge is 0.349 e. The number of amides is 1. The van der Waals surface area contributed by atoms with E-state index >= 15 is 0 Å². The zero-order valence-electron chi connectivity index (χ0n) is 11.1. The molecule has 1 amide bonds. The summed E-state index contributed by atoms with van der Waals surface area (Å²) in [5, 5.41) is 3.88. The topological polar surface area (TPSA) is 29.1 Å². The zero-order chi connectivity index (χ0) is 13.8. The highest BCUT2D eigenvalue weighted by Crippen LogP contribution is 2.26. The first kappa shape index (κ1) is 14.5. The molecule has 0 aromatic heterocycles. The van der Waals surface area contributed by atoms with Crippen molar-refractivity contribution >= 4 is 21.8 Å². The Morgan fingerprint density at radius 1 is 1.42 bits per heavy atom. The van der Waals surface area contributed by atoms with Crippen molar-refractivity contribution in [3.8, 4) is 0 Å². The summed E-state index contributed by atoms with van der Waals surface area (Å²) >= 11 is 3.50. The van der Waals surface area contributed by atoms with Gasteiger partial charge < -0.3 is 5.32 Å². The molecular formula is C15H19BrFNO. The van der Waals surface area contributed by atoms with Crippen molar-refractivity contribution in [2.75, 3.05) is 5.33 Å². The monoisotopic (exact) mass is 327 g/mol. The fraction of sp³-hybridized carbons (Fsp3) is 0.533. The Bertz CT molecular complexity index is 463. The summed E-state index contributed by atoms with van der Waals surface area (Å²) < 4.78 is 13.9. The van der Waals surface area contributed by atoms with E-state index in [4.69, 9.17) is 0 Å². The van der Waals surface area contributed by atoms with Crippen LogP contribution >= 0.6 is 15.9 Å². The van der Waals surface area contributed by atoms with Gasteiger partial charge in [0.25, 0.3) is 5.91 Å². The summed E-state index contributed by atoms with van der Waals surface area (Å²) in [5.41, 5.74) is 0.659. The first-order chi connectivity index (χ1) is 9.13. The molecule has 1 aliphatic carbocycles. The minimum Gasteiger partial charge on any atom is -0.349 e. The smallest absolute Gasteiger partial charge is 0.254 e. The Morgan fingerprint density at radius 2 is 2.16 bits per heavy atom. The van der Waals surface area contributed by atoms with Gasteiger partial charge in [0.1, 0.15) is 5.82 Å². The van der Waals surface area contributed by atoms with Gasteiger partial charge in [0.15, 0.2) is 0 Å². The molecule has 0 heterocycles. The third-order valence-electron chi connectivity index (χ3n) is 3.86. The summed E-state index contributed by atoms with van der Waals surface area (Å²) in [6.45, 7) is 1.67. The Balaban J connectivity index is 2.09. The van der Waals surface area contributed by atoms with E-state index in [0.29, 0.717) is 11.5 Å². The van der Waals surface area contributed by atoms with E-state index in [1.54, 1.807) is 25.1 Å². The Hall–Kier alpha value is -0.900. The Morgan fingerprint density at radius 3 is 2.89 bits per heavy atom. The van der Waals surface area contributed by atoms with E-state index in [1.807, 2.05) is 0 Å². The number of alkyl halides is 1. The van der Waals surface area contributed by atoms with E-state index in [2.05, 4.69) is 21.2 Å². The van der Waals surface area contributed by atoms with E-state index < -0.39 is 5.82 Å². The summed E-state index contributed by atoms with van der Waals surface area (Å²) in [7, 11) is 0. The second kappa shape index (κ2) is 6.51. The molecule has 2 rings (SSSR count). The van der Waals surface area contributed by atoms with Crippen molar-refractivity contribution in [3.05, 3.63) is 35.1 Å². The maximum absolute atomic E-state index is 13.9. The molecule has 0 saturated heterocycles. The minimum absolute atomic E-state index is 0.152. The van der Waals surface area contributed by atoms with Gasteiger partial charge in [-0.25, -0.2) is 4.39 Å². The average molecular weight is 328 g/mol. The lowest BCUT2D eigenvalue weighted by molar-refractivity contribution is 0.0907. The minimum atomic E-state index is -0.411. The fourth-order valence-corrected chi connectivity index (χ4v) is 3.43. The van der Waals surface area contributed by atoms with Crippen LogP contribution in [0.1, 0.15) is 41.6 Å². The number of hydrogen-bond donors (Lipinski definition) is 1. The van der Waals surface area contributed by atoms with Crippen LogP contribution in [0, 0.1) is 18.7 Å². The number of nitrogens with one attached hydrogen (secondary N) is 1. The molecule has 19 heavy (non-hydrogen) atoms. The molecule has 0 radical (unpaired) electrons.